The lowest BCUT2D eigenvalue weighted by Crippen LogP contribution is -2.13. The first-order valence-electron chi connectivity index (χ1n) is 5.83. The first-order chi connectivity index (χ1) is 9.55. The predicted octanol–water partition coefficient (Wildman–Crippen LogP) is 2.65. The molecule has 7 heteroatoms. The molecule has 0 radical (unpaired) electrons. The molecule has 6 nitrogen and oxygen atoms in total. The third-order valence-corrected chi connectivity index (χ3v) is 3.07. The summed E-state index contributed by atoms with van der Waals surface area (Å²) >= 11 is 6.11. The summed E-state index contributed by atoms with van der Waals surface area (Å²) < 4.78 is 0. The zero-order chi connectivity index (χ0) is 14.7. The highest BCUT2D eigenvalue weighted by molar-refractivity contribution is 6.33. The average molecular weight is 289 g/mol. The Morgan fingerprint density at radius 3 is 2.60 bits per heavy atom. The van der Waals surface area contributed by atoms with Crippen molar-refractivity contribution in [3.8, 4) is 6.07 Å². The third-order valence-electron chi connectivity index (χ3n) is 2.74. The molecule has 0 aliphatic heterocycles. The van der Waals surface area contributed by atoms with Crippen molar-refractivity contribution in [3.05, 3.63) is 40.2 Å². The molecule has 4 N–H and O–H groups in total. The first kappa shape index (κ1) is 14.1. The molecule has 2 aromatic rings. The van der Waals surface area contributed by atoms with Gasteiger partial charge >= 0.3 is 0 Å². The highest BCUT2D eigenvalue weighted by Gasteiger charge is 2.10. The number of rotatable bonds is 3. The summed E-state index contributed by atoms with van der Waals surface area (Å²) in [6.07, 6.45) is 0. The Bertz CT molecular complexity index is 692. The van der Waals surface area contributed by atoms with Gasteiger partial charge < -0.3 is 10.7 Å². The Hall–Kier alpha value is -2.36. The smallest absolute Gasteiger partial charge is 0.148 e. The number of nitrogens with two attached hydrogens (primary N) is 1. The van der Waals surface area contributed by atoms with Crippen molar-refractivity contribution >= 4 is 28.9 Å². The van der Waals surface area contributed by atoms with Gasteiger partial charge in [0.05, 0.1) is 22.3 Å². The SMILES string of the molecule is Cc1nc(NN)c(C)c(Nc2cc(C#N)ccc2Cl)n1. The summed E-state index contributed by atoms with van der Waals surface area (Å²) in [5, 5.41) is 12.5. The number of benzene rings is 1. The molecule has 0 amide bonds. The van der Waals surface area contributed by atoms with Crippen LogP contribution in [0.2, 0.25) is 5.02 Å². The lowest BCUT2D eigenvalue weighted by molar-refractivity contribution is 1.03. The molecule has 0 aliphatic carbocycles. The molecular weight excluding hydrogens is 276 g/mol. The molecule has 0 saturated heterocycles. The minimum atomic E-state index is 0.502. The number of nitrogen functional groups attached to an aromatic ring is 1. The molecule has 0 bridgehead atoms. The van der Waals surface area contributed by atoms with Crippen LogP contribution in [-0.2, 0) is 0 Å². The number of nitriles is 1. The van der Waals surface area contributed by atoms with Gasteiger partial charge in [-0.15, -0.1) is 0 Å². The predicted molar refractivity (Wildman–Crippen MR) is 78.8 cm³/mol. The van der Waals surface area contributed by atoms with E-state index in [2.05, 4.69) is 26.8 Å². The van der Waals surface area contributed by atoms with Gasteiger partial charge in [0.2, 0.25) is 0 Å². The number of aryl methyl sites for hydroxylation is 1. The fourth-order valence-corrected chi connectivity index (χ4v) is 1.87. The average Bonchev–Trinajstić information content (AvgIpc) is 2.44. The number of nitrogens with one attached hydrogen (secondary N) is 2. The van der Waals surface area contributed by atoms with Gasteiger partial charge in [-0.1, -0.05) is 11.6 Å². The maximum atomic E-state index is 8.93. The normalized spacial score (nSPS) is 9.95. The van der Waals surface area contributed by atoms with Crippen LogP contribution < -0.4 is 16.6 Å². The Labute approximate surface area is 121 Å². The molecule has 0 atom stereocenters. The van der Waals surface area contributed by atoms with Crippen LogP contribution in [0.1, 0.15) is 17.0 Å². The van der Waals surface area contributed by atoms with Crippen LogP contribution >= 0.6 is 11.6 Å². The molecule has 20 heavy (non-hydrogen) atoms. The van der Waals surface area contributed by atoms with E-state index in [1.165, 1.54) is 0 Å². The summed E-state index contributed by atoms with van der Waals surface area (Å²) in [7, 11) is 0. The maximum Gasteiger partial charge on any atom is 0.148 e. The van der Waals surface area contributed by atoms with Gasteiger partial charge in [-0.05, 0) is 32.0 Å². The van der Waals surface area contributed by atoms with E-state index >= 15 is 0 Å². The van der Waals surface area contributed by atoms with Crippen molar-refractivity contribution in [2.45, 2.75) is 13.8 Å². The molecule has 0 spiro atoms. The number of halogens is 1. The largest absolute Gasteiger partial charge is 0.339 e. The number of nitrogens with zero attached hydrogens (tertiary/aromatic N) is 3. The van der Waals surface area contributed by atoms with Gasteiger partial charge in [0.1, 0.15) is 17.5 Å². The number of hydrogen-bond donors (Lipinski definition) is 3. The lowest BCUT2D eigenvalue weighted by Gasteiger charge is -2.13. The second kappa shape index (κ2) is 5.74. The second-order valence-corrected chi connectivity index (χ2v) is 4.58. The van der Waals surface area contributed by atoms with Crippen LogP contribution in [0.15, 0.2) is 18.2 Å². The molecule has 0 saturated carbocycles. The minimum absolute atomic E-state index is 0.502. The summed E-state index contributed by atoms with van der Waals surface area (Å²) in [5.74, 6) is 7.11. The van der Waals surface area contributed by atoms with Crippen molar-refractivity contribution in [1.82, 2.24) is 9.97 Å². The molecule has 0 unspecified atom stereocenters. The van der Waals surface area contributed by atoms with Crippen LogP contribution in [0.25, 0.3) is 0 Å². The topological polar surface area (TPSA) is 99.6 Å². The number of aromatic nitrogens is 2. The van der Waals surface area contributed by atoms with Gasteiger partial charge in [-0.2, -0.15) is 5.26 Å². The van der Waals surface area contributed by atoms with E-state index in [1.54, 1.807) is 25.1 Å². The molecule has 0 aliphatic rings. The molecule has 102 valence electrons. The monoisotopic (exact) mass is 288 g/mol. The van der Waals surface area contributed by atoms with Gasteiger partial charge in [-0.3, -0.25) is 0 Å². The zero-order valence-electron chi connectivity index (χ0n) is 11.0. The van der Waals surface area contributed by atoms with Crippen molar-refractivity contribution in [1.29, 1.82) is 5.26 Å². The highest BCUT2D eigenvalue weighted by Crippen LogP contribution is 2.28. The number of anilines is 3. The van der Waals surface area contributed by atoms with Crippen LogP contribution in [0, 0.1) is 25.2 Å². The quantitative estimate of drug-likeness (QED) is 0.593. The molecule has 0 fully saturated rings. The van der Waals surface area contributed by atoms with Crippen LogP contribution in [0.3, 0.4) is 0 Å². The van der Waals surface area contributed by atoms with E-state index in [9.17, 15) is 0 Å². The standard InChI is InChI=1S/C13H13ClN6/c1-7-12(17-8(2)18-13(7)20-16)19-11-5-9(6-15)3-4-10(11)14/h3-5H,16H2,1-2H3,(H2,17,18,19,20). The van der Waals surface area contributed by atoms with E-state index in [4.69, 9.17) is 22.7 Å². The Kier molecular flexibility index (Phi) is 4.03. The number of hydrazine groups is 1. The van der Waals surface area contributed by atoms with Crippen LogP contribution in [0.5, 0.6) is 0 Å². The third kappa shape index (κ3) is 2.79. The van der Waals surface area contributed by atoms with E-state index in [0.717, 1.165) is 5.56 Å². The fourth-order valence-electron chi connectivity index (χ4n) is 1.71. The summed E-state index contributed by atoms with van der Waals surface area (Å²) in [6, 6.07) is 7.04. The van der Waals surface area contributed by atoms with Gasteiger partial charge in [0, 0.05) is 5.56 Å². The van der Waals surface area contributed by atoms with Crippen molar-refractivity contribution in [2.24, 2.45) is 5.84 Å². The van der Waals surface area contributed by atoms with E-state index < -0.39 is 0 Å². The van der Waals surface area contributed by atoms with Crippen molar-refractivity contribution in [3.63, 3.8) is 0 Å². The van der Waals surface area contributed by atoms with Gasteiger partial charge in [-0.25, -0.2) is 15.8 Å². The summed E-state index contributed by atoms with van der Waals surface area (Å²) in [6.45, 7) is 3.60. The first-order valence-corrected chi connectivity index (χ1v) is 6.21. The molecular formula is C13H13ClN6. The van der Waals surface area contributed by atoms with E-state index in [1.807, 2.05) is 6.92 Å². The summed E-state index contributed by atoms with van der Waals surface area (Å²) in [5.41, 5.74) is 4.40. The highest BCUT2D eigenvalue weighted by atomic mass is 35.5. The molecule has 1 aromatic carbocycles. The van der Waals surface area contributed by atoms with Crippen molar-refractivity contribution in [2.75, 3.05) is 10.7 Å². The minimum Gasteiger partial charge on any atom is -0.339 e. The maximum absolute atomic E-state index is 8.93. The lowest BCUT2D eigenvalue weighted by atomic mass is 10.2. The van der Waals surface area contributed by atoms with E-state index in [0.29, 0.717) is 33.7 Å². The van der Waals surface area contributed by atoms with Gasteiger partial charge in [0.15, 0.2) is 0 Å². The van der Waals surface area contributed by atoms with E-state index in [-0.39, 0.29) is 0 Å². The Morgan fingerprint density at radius 2 is 1.95 bits per heavy atom. The van der Waals surface area contributed by atoms with Crippen LogP contribution in [0.4, 0.5) is 17.3 Å². The van der Waals surface area contributed by atoms with Crippen LogP contribution in [-0.4, -0.2) is 9.97 Å². The molecule has 2 rings (SSSR count). The van der Waals surface area contributed by atoms with Gasteiger partial charge in [0.25, 0.3) is 0 Å². The summed E-state index contributed by atoms with van der Waals surface area (Å²) in [4.78, 5) is 8.49. The van der Waals surface area contributed by atoms with Crippen molar-refractivity contribution < 1.29 is 0 Å². The molecule has 1 heterocycles. The number of hydrogen-bond acceptors (Lipinski definition) is 6. The zero-order valence-corrected chi connectivity index (χ0v) is 11.8. The fraction of sp³-hybridized carbons (Fsp3) is 0.154. The molecule has 1 aromatic heterocycles. The second-order valence-electron chi connectivity index (χ2n) is 4.17. The Balaban J connectivity index is 2.45. The Morgan fingerprint density at radius 1 is 1.25 bits per heavy atom.